The lowest BCUT2D eigenvalue weighted by atomic mass is 10.1. The van der Waals surface area contributed by atoms with Gasteiger partial charge < -0.3 is 15.1 Å². The highest BCUT2D eigenvalue weighted by Crippen LogP contribution is 2.36. The van der Waals surface area contributed by atoms with E-state index in [-0.39, 0.29) is 23.9 Å². The second-order valence-electron chi connectivity index (χ2n) is 6.59. The van der Waals surface area contributed by atoms with Gasteiger partial charge in [-0.2, -0.15) is 0 Å². The number of carbonyl (C=O) groups is 1. The van der Waals surface area contributed by atoms with Crippen LogP contribution in [0.5, 0.6) is 0 Å². The van der Waals surface area contributed by atoms with Crippen LogP contribution in [0.2, 0.25) is 0 Å². The van der Waals surface area contributed by atoms with E-state index in [1.807, 2.05) is 12.1 Å². The average Bonchev–Trinajstić information content (AvgIpc) is 3.29. The van der Waals surface area contributed by atoms with E-state index in [0.29, 0.717) is 27.4 Å². The van der Waals surface area contributed by atoms with Gasteiger partial charge in [-0.1, -0.05) is 12.1 Å². The van der Waals surface area contributed by atoms with Crippen LogP contribution < -0.4 is 10.6 Å². The molecule has 0 unspecified atom stereocenters. The minimum Gasteiger partial charge on any atom is -0.436 e. The first-order valence-corrected chi connectivity index (χ1v) is 8.66. The summed E-state index contributed by atoms with van der Waals surface area (Å²) in [5.41, 5.74) is 1.73. The lowest BCUT2D eigenvalue weighted by molar-refractivity contribution is -0.117. The molecule has 4 aromatic rings. The molecule has 1 aliphatic carbocycles. The normalized spacial score (nSPS) is 20.4. The maximum Gasteiger partial charge on any atom is 0.231 e. The Kier molecular flexibility index (Phi) is 3.04. The molecule has 1 saturated carbocycles. The van der Waals surface area contributed by atoms with E-state index in [9.17, 15) is 9.18 Å². The highest BCUT2D eigenvalue weighted by molar-refractivity contribution is 6.03. The number of anilines is 2. The van der Waals surface area contributed by atoms with Crippen molar-refractivity contribution in [3.63, 3.8) is 0 Å². The Morgan fingerprint density at radius 1 is 1.29 bits per heavy atom. The molecule has 0 spiro atoms. The molecule has 2 N–H and O–H groups in total. The van der Waals surface area contributed by atoms with Gasteiger partial charge in [0.25, 0.3) is 0 Å². The van der Waals surface area contributed by atoms with Crippen LogP contribution >= 0.6 is 0 Å². The SMILES string of the molecule is [2H]C([2H])([2H])Nc1ncc(-c2nc3ccccc3o2)c2cc(NC(=O)[C@@H]3C[C@@H]3F)ncc12. The minimum atomic E-state index is -2.46. The average molecular weight is 380 g/mol. The molecule has 0 aliphatic heterocycles. The highest BCUT2D eigenvalue weighted by atomic mass is 19.1. The fourth-order valence-corrected chi connectivity index (χ4v) is 3.12. The first-order valence-electron chi connectivity index (χ1n) is 10.2. The van der Waals surface area contributed by atoms with Gasteiger partial charge in [0.1, 0.15) is 23.3 Å². The zero-order chi connectivity index (χ0) is 21.8. The van der Waals surface area contributed by atoms with E-state index in [4.69, 9.17) is 8.53 Å². The summed E-state index contributed by atoms with van der Waals surface area (Å²) >= 11 is 0. The molecule has 1 amide bonds. The van der Waals surface area contributed by atoms with Gasteiger partial charge in [-0.05, 0) is 24.6 Å². The summed E-state index contributed by atoms with van der Waals surface area (Å²) in [5, 5.41) is 5.92. The monoisotopic (exact) mass is 380 g/mol. The quantitative estimate of drug-likeness (QED) is 0.560. The van der Waals surface area contributed by atoms with Gasteiger partial charge in [0, 0.05) is 34.3 Å². The number of fused-ring (bicyclic) bond motifs is 2. The summed E-state index contributed by atoms with van der Waals surface area (Å²) < 4.78 is 41.5. The van der Waals surface area contributed by atoms with E-state index >= 15 is 0 Å². The van der Waals surface area contributed by atoms with Crippen molar-refractivity contribution in [1.82, 2.24) is 15.0 Å². The Labute approximate surface area is 163 Å². The number of para-hydroxylation sites is 2. The van der Waals surface area contributed by atoms with Crippen LogP contribution in [0.15, 0.2) is 47.1 Å². The molecule has 1 aromatic carbocycles. The summed E-state index contributed by atoms with van der Waals surface area (Å²) in [5.74, 6) is -0.517. The zero-order valence-corrected chi connectivity index (χ0v) is 14.4. The summed E-state index contributed by atoms with van der Waals surface area (Å²) in [7, 11) is 0. The number of nitrogens with zero attached hydrogens (tertiary/aromatic N) is 3. The number of aromatic nitrogens is 3. The summed E-state index contributed by atoms with van der Waals surface area (Å²) in [6.07, 6.45) is 1.92. The van der Waals surface area contributed by atoms with Crippen molar-refractivity contribution in [2.75, 3.05) is 17.6 Å². The van der Waals surface area contributed by atoms with Crippen molar-refractivity contribution < 1.29 is 17.7 Å². The Balaban J connectivity index is 1.63. The number of benzene rings is 1. The molecule has 5 rings (SSSR count). The Morgan fingerprint density at radius 2 is 2.14 bits per heavy atom. The molecule has 3 aromatic heterocycles. The van der Waals surface area contributed by atoms with Gasteiger partial charge >= 0.3 is 0 Å². The molecule has 0 saturated heterocycles. The molecule has 3 heterocycles. The fraction of sp³-hybridized carbons (Fsp3) is 0.200. The number of halogens is 1. The van der Waals surface area contributed by atoms with Gasteiger partial charge in [-0.3, -0.25) is 4.79 Å². The lowest BCUT2D eigenvalue weighted by Gasteiger charge is -2.10. The van der Waals surface area contributed by atoms with Gasteiger partial charge in [0.2, 0.25) is 11.8 Å². The van der Waals surface area contributed by atoms with Crippen LogP contribution in [0.25, 0.3) is 33.3 Å². The second kappa shape index (κ2) is 6.26. The van der Waals surface area contributed by atoms with E-state index in [1.54, 1.807) is 18.2 Å². The van der Waals surface area contributed by atoms with Gasteiger partial charge in [-0.25, -0.2) is 19.3 Å². The van der Waals surface area contributed by atoms with Gasteiger partial charge in [-0.15, -0.1) is 0 Å². The van der Waals surface area contributed by atoms with Crippen molar-refractivity contribution >= 4 is 39.4 Å². The molecule has 0 bridgehead atoms. The summed E-state index contributed by atoms with van der Waals surface area (Å²) in [4.78, 5) is 25.0. The number of hydrogen-bond donors (Lipinski definition) is 2. The van der Waals surface area contributed by atoms with Crippen LogP contribution in [-0.4, -0.2) is 34.0 Å². The summed E-state index contributed by atoms with van der Waals surface area (Å²) in [6, 6.07) is 8.81. The number of oxazole rings is 1. The first-order chi connectivity index (χ1) is 14.8. The van der Waals surface area contributed by atoms with E-state index in [0.717, 1.165) is 0 Å². The number of rotatable bonds is 4. The zero-order valence-electron chi connectivity index (χ0n) is 17.4. The molecule has 140 valence electrons. The number of carbonyl (C=O) groups excluding carboxylic acids is 1. The van der Waals surface area contributed by atoms with Crippen molar-refractivity contribution in [2.45, 2.75) is 12.6 Å². The standard InChI is InChI=1S/C20H16FN5O2/c1-22-18-12-8-23-17(26-19(27)11-6-14(11)21)7-10(12)13(9-24-18)20-25-15-4-2-3-5-16(15)28-20/h2-5,7-9,11,14H,6H2,1H3,(H,22,24)(H,23,26,27)/t11-,14+/m1/s1/i1D3. The third-order valence-electron chi connectivity index (χ3n) is 4.72. The maximum atomic E-state index is 13.2. The van der Waals surface area contributed by atoms with E-state index < -0.39 is 25.0 Å². The van der Waals surface area contributed by atoms with Crippen molar-refractivity contribution in [3.05, 3.63) is 42.7 Å². The van der Waals surface area contributed by atoms with Crippen LogP contribution in [0.1, 0.15) is 10.5 Å². The Morgan fingerprint density at radius 3 is 2.93 bits per heavy atom. The molecule has 28 heavy (non-hydrogen) atoms. The van der Waals surface area contributed by atoms with Crippen LogP contribution in [0, 0.1) is 5.92 Å². The predicted octanol–water partition coefficient (Wildman–Crippen LogP) is 3.78. The minimum absolute atomic E-state index is 0.103. The molecule has 0 radical (unpaired) electrons. The summed E-state index contributed by atoms with van der Waals surface area (Å²) in [6.45, 7) is -2.46. The van der Waals surface area contributed by atoms with Gasteiger partial charge in [0.05, 0.1) is 11.5 Å². The predicted molar refractivity (Wildman–Crippen MR) is 104 cm³/mol. The number of hydrogen-bond acceptors (Lipinski definition) is 6. The Hall–Kier alpha value is -3.55. The topological polar surface area (TPSA) is 92.9 Å². The largest absolute Gasteiger partial charge is 0.436 e. The van der Waals surface area contributed by atoms with Crippen LogP contribution in [0.3, 0.4) is 0 Å². The van der Waals surface area contributed by atoms with E-state index in [1.165, 1.54) is 12.4 Å². The third kappa shape index (κ3) is 2.74. The number of amides is 1. The van der Waals surface area contributed by atoms with Crippen molar-refractivity contribution in [2.24, 2.45) is 5.92 Å². The fourth-order valence-electron chi connectivity index (χ4n) is 3.12. The number of alkyl halides is 1. The Bertz CT molecular complexity index is 1290. The number of nitrogens with one attached hydrogen (secondary N) is 2. The van der Waals surface area contributed by atoms with Crippen molar-refractivity contribution in [3.8, 4) is 11.5 Å². The lowest BCUT2D eigenvalue weighted by Crippen LogP contribution is -2.15. The smallest absolute Gasteiger partial charge is 0.231 e. The molecule has 7 nitrogen and oxygen atoms in total. The molecular weight excluding hydrogens is 361 g/mol. The van der Waals surface area contributed by atoms with Crippen molar-refractivity contribution in [1.29, 1.82) is 0 Å². The van der Waals surface area contributed by atoms with Gasteiger partial charge in [0.15, 0.2) is 5.58 Å². The molecular formula is C20H16FN5O2. The van der Waals surface area contributed by atoms with Crippen LogP contribution in [0.4, 0.5) is 16.0 Å². The second-order valence-corrected chi connectivity index (χ2v) is 6.59. The maximum absolute atomic E-state index is 13.2. The molecule has 8 heteroatoms. The first kappa shape index (κ1) is 13.6. The van der Waals surface area contributed by atoms with E-state index in [2.05, 4.69) is 25.6 Å². The highest BCUT2D eigenvalue weighted by Gasteiger charge is 2.43. The molecule has 2 atom stereocenters. The third-order valence-corrected chi connectivity index (χ3v) is 4.72. The molecule has 1 aliphatic rings. The van der Waals surface area contributed by atoms with Crippen LogP contribution in [-0.2, 0) is 4.79 Å². The molecule has 1 fully saturated rings. The number of pyridine rings is 2.